The summed E-state index contributed by atoms with van der Waals surface area (Å²) in [6.45, 7) is 2.40. The first-order valence-corrected chi connectivity index (χ1v) is 5.92. The summed E-state index contributed by atoms with van der Waals surface area (Å²) in [5, 5.41) is 11.4. The molecular weight excluding hydrogens is 247 g/mol. The Bertz CT molecular complexity index is 606. The number of halogens is 1. The minimum absolute atomic E-state index is 0.109. The smallest absolute Gasteiger partial charge is 0.170 e. The Labute approximate surface area is 110 Å². The third kappa shape index (κ3) is 2.73. The standard InChI is InChI=1S/C13H15FN4O/c1-2-12-16-5-6-18(12)8-10-4-3-9(7-11(10)14)13(15)17-19/h3-7,19H,2,8H2,1H3,(H2,15,17). The van der Waals surface area contributed by atoms with Gasteiger partial charge in [-0.2, -0.15) is 0 Å². The van der Waals surface area contributed by atoms with E-state index in [0.29, 0.717) is 17.7 Å². The quantitative estimate of drug-likeness (QED) is 0.381. The number of nitrogens with two attached hydrogens (primary N) is 1. The van der Waals surface area contributed by atoms with Gasteiger partial charge >= 0.3 is 0 Å². The fourth-order valence-corrected chi connectivity index (χ4v) is 1.87. The van der Waals surface area contributed by atoms with E-state index in [1.54, 1.807) is 18.3 Å². The second-order valence-corrected chi connectivity index (χ2v) is 4.12. The maximum Gasteiger partial charge on any atom is 0.170 e. The molecule has 6 heteroatoms. The van der Waals surface area contributed by atoms with Gasteiger partial charge in [0.15, 0.2) is 5.84 Å². The molecule has 0 fully saturated rings. The number of rotatable bonds is 4. The largest absolute Gasteiger partial charge is 0.409 e. The number of aromatic nitrogens is 2. The van der Waals surface area contributed by atoms with Crippen LogP contribution in [0.4, 0.5) is 4.39 Å². The van der Waals surface area contributed by atoms with Crippen LogP contribution < -0.4 is 5.73 Å². The minimum Gasteiger partial charge on any atom is -0.409 e. The van der Waals surface area contributed by atoms with Crippen molar-refractivity contribution >= 4 is 5.84 Å². The average Bonchev–Trinajstić information content (AvgIpc) is 2.87. The van der Waals surface area contributed by atoms with Crippen molar-refractivity contribution in [3.05, 3.63) is 53.4 Å². The van der Waals surface area contributed by atoms with E-state index in [2.05, 4.69) is 10.1 Å². The second kappa shape index (κ2) is 5.51. The van der Waals surface area contributed by atoms with Crippen LogP contribution in [-0.4, -0.2) is 20.6 Å². The zero-order valence-corrected chi connectivity index (χ0v) is 10.5. The Morgan fingerprint density at radius 2 is 2.32 bits per heavy atom. The van der Waals surface area contributed by atoms with Crippen LogP contribution in [0.5, 0.6) is 0 Å². The van der Waals surface area contributed by atoms with Crippen molar-refractivity contribution < 1.29 is 9.60 Å². The molecule has 0 spiro atoms. The van der Waals surface area contributed by atoms with E-state index in [1.165, 1.54) is 6.07 Å². The van der Waals surface area contributed by atoms with Crippen LogP contribution in [-0.2, 0) is 13.0 Å². The van der Waals surface area contributed by atoms with Crippen molar-refractivity contribution in [1.82, 2.24) is 9.55 Å². The molecular formula is C13H15FN4O. The Balaban J connectivity index is 2.27. The van der Waals surface area contributed by atoms with Gasteiger partial charge in [-0.1, -0.05) is 24.2 Å². The van der Waals surface area contributed by atoms with E-state index < -0.39 is 0 Å². The van der Waals surface area contributed by atoms with Gasteiger partial charge in [0.05, 0.1) is 6.54 Å². The van der Waals surface area contributed by atoms with E-state index in [4.69, 9.17) is 10.9 Å². The second-order valence-electron chi connectivity index (χ2n) is 4.12. The van der Waals surface area contributed by atoms with Crippen molar-refractivity contribution in [2.45, 2.75) is 19.9 Å². The third-order valence-electron chi connectivity index (χ3n) is 2.92. The number of oxime groups is 1. The predicted molar refractivity (Wildman–Crippen MR) is 69.6 cm³/mol. The van der Waals surface area contributed by atoms with Crippen molar-refractivity contribution in [3.8, 4) is 0 Å². The molecule has 0 saturated heterocycles. The van der Waals surface area contributed by atoms with E-state index in [0.717, 1.165) is 12.2 Å². The van der Waals surface area contributed by atoms with Crippen LogP contribution in [0.2, 0.25) is 0 Å². The molecule has 0 aliphatic carbocycles. The van der Waals surface area contributed by atoms with Crippen molar-refractivity contribution in [2.24, 2.45) is 10.9 Å². The molecule has 1 heterocycles. The maximum atomic E-state index is 13.9. The molecule has 0 radical (unpaired) electrons. The predicted octanol–water partition coefficient (Wildman–Crippen LogP) is 1.73. The van der Waals surface area contributed by atoms with E-state index in [-0.39, 0.29) is 11.7 Å². The first-order chi connectivity index (χ1) is 9.15. The molecule has 1 aromatic carbocycles. The summed E-state index contributed by atoms with van der Waals surface area (Å²) in [7, 11) is 0. The highest BCUT2D eigenvalue weighted by atomic mass is 19.1. The highest BCUT2D eigenvalue weighted by Gasteiger charge is 2.08. The van der Waals surface area contributed by atoms with Gasteiger partial charge in [0.25, 0.3) is 0 Å². The summed E-state index contributed by atoms with van der Waals surface area (Å²) in [5.74, 6) is 0.405. The SMILES string of the molecule is CCc1nccn1Cc1ccc(/C(N)=N/O)cc1F. The Kier molecular flexibility index (Phi) is 3.79. The molecule has 2 aromatic rings. The molecule has 0 unspecified atom stereocenters. The Hall–Kier alpha value is -2.37. The highest BCUT2D eigenvalue weighted by Crippen LogP contribution is 2.13. The van der Waals surface area contributed by atoms with Gasteiger partial charge in [0.1, 0.15) is 11.6 Å². The van der Waals surface area contributed by atoms with Gasteiger partial charge in [0, 0.05) is 29.9 Å². The Morgan fingerprint density at radius 3 is 2.95 bits per heavy atom. The summed E-state index contributed by atoms with van der Waals surface area (Å²) in [6, 6.07) is 4.51. The van der Waals surface area contributed by atoms with Crippen molar-refractivity contribution in [3.63, 3.8) is 0 Å². The fourth-order valence-electron chi connectivity index (χ4n) is 1.87. The molecule has 0 aliphatic heterocycles. The van der Waals surface area contributed by atoms with Crippen molar-refractivity contribution in [1.29, 1.82) is 0 Å². The normalized spacial score (nSPS) is 11.8. The lowest BCUT2D eigenvalue weighted by atomic mass is 10.1. The summed E-state index contributed by atoms with van der Waals surface area (Å²) in [5.41, 5.74) is 6.29. The molecule has 1 aromatic heterocycles. The molecule has 2 rings (SSSR count). The van der Waals surface area contributed by atoms with E-state index in [9.17, 15) is 4.39 Å². The fraction of sp³-hybridized carbons (Fsp3) is 0.231. The summed E-state index contributed by atoms with van der Waals surface area (Å²) in [4.78, 5) is 4.19. The number of imidazole rings is 1. The summed E-state index contributed by atoms with van der Waals surface area (Å²) >= 11 is 0. The molecule has 3 N–H and O–H groups in total. The lowest BCUT2D eigenvalue weighted by Gasteiger charge is -2.08. The van der Waals surface area contributed by atoms with Crippen LogP contribution in [0.1, 0.15) is 23.9 Å². The summed E-state index contributed by atoms with van der Waals surface area (Å²) in [6.07, 6.45) is 4.30. The van der Waals surface area contributed by atoms with Gasteiger partial charge in [-0.3, -0.25) is 0 Å². The number of hydrogen-bond acceptors (Lipinski definition) is 3. The van der Waals surface area contributed by atoms with Crippen LogP contribution in [0.25, 0.3) is 0 Å². The molecule has 5 nitrogen and oxygen atoms in total. The molecule has 0 amide bonds. The van der Waals surface area contributed by atoms with Gasteiger partial charge in [-0.25, -0.2) is 9.37 Å². The monoisotopic (exact) mass is 262 g/mol. The minimum atomic E-state index is -0.389. The van der Waals surface area contributed by atoms with E-state index in [1.807, 2.05) is 17.7 Å². The van der Waals surface area contributed by atoms with Crippen LogP contribution >= 0.6 is 0 Å². The van der Waals surface area contributed by atoms with Gasteiger partial charge in [-0.05, 0) is 6.07 Å². The number of benzene rings is 1. The molecule has 0 aliphatic rings. The average molecular weight is 262 g/mol. The molecule has 0 bridgehead atoms. The number of hydrogen-bond donors (Lipinski definition) is 2. The van der Waals surface area contributed by atoms with Gasteiger partial charge in [-0.15, -0.1) is 0 Å². The molecule has 100 valence electrons. The lowest BCUT2D eigenvalue weighted by Crippen LogP contribution is -2.14. The maximum absolute atomic E-state index is 13.9. The van der Waals surface area contributed by atoms with Gasteiger partial charge < -0.3 is 15.5 Å². The first-order valence-electron chi connectivity index (χ1n) is 5.92. The van der Waals surface area contributed by atoms with E-state index >= 15 is 0 Å². The molecule has 19 heavy (non-hydrogen) atoms. The highest BCUT2D eigenvalue weighted by molar-refractivity contribution is 5.97. The summed E-state index contributed by atoms with van der Waals surface area (Å²) < 4.78 is 15.8. The van der Waals surface area contributed by atoms with Crippen LogP contribution in [0.3, 0.4) is 0 Å². The third-order valence-corrected chi connectivity index (χ3v) is 2.92. The first kappa shape index (κ1) is 13.1. The number of nitrogens with zero attached hydrogens (tertiary/aromatic N) is 3. The van der Waals surface area contributed by atoms with Gasteiger partial charge in [0.2, 0.25) is 0 Å². The van der Waals surface area contributed by atoms with Crippen molar-refractivity contribution in [2.75, 3.05) is 0 Å². The van der Waals surface area contributed by atoms with Crippen LogP contribution in [0.15, 0.2) is 35.7 Å². The Morgan fingerprint density at radius 1 is 1.53 bits per heavy atom. The molecule has 0 atom stereocenters. The number of aryl methyl sites for hydroxylation is 1. The van der Waals surface area contributed by atoms with Crippen LogP contribution in [0, 0.1) is 5.82 Å². The zero-order valence-electron chi connectivity index (χ0n) is 10.5. The zero-order chi connectivity index (χ0) is 13.8. The number of amidine groups is 1. The topological polar surface area (TPSA) is 76.4 Å². The molecule has 0 saturated carbocycles. The lowest BCUT2D eigenvalue weighted by molar-refractivity contribution is 0.318.